The van der Waals surface area contributed by atoms with Gasteiger partial charge >= 0.3 is 0 Å². The van der Waals surface area contributed by atoms with Crippen molar-refractivity contribution < 1.29 is 4.42 Å². The highest BCUT2D eigenvalue weighted by atomic mass is 79.9. The highest BCUT2D eigenvalue weighted by Gasteiger charge is 2.04. The maximum absolute atomic E-state index is 5.63. The Kier molecular flexibility index (Phi) is 2.38. The molecule has 0 saturated heterocycles. The molecule has 1 N–H and O–H groups in total. The number of fused-ring (bicyclic) bond motifs is 1. The zero-order valence-corrected chi connectivity index (χ0v) is 8.89. The van der Waals surface area contributed by atoms with Crippen LogP contribution in [-0.4, -0.2) is 7.05 Å². The molecule has 0 aliphatic rings. The molecule has 0 spiro atoms. The molecule has 13 heavy (non-hydrogen) atoms. The Balaban J connectivity index is 2.55. The smallest absolute Gasteiger partial charge is 0.148 e. The Morgan fingerprint density at radius 1 is 1.46 bits per heavy atom. The molecule has 0 atom stereocenters. The van der Waals surface area contributed by atoms with Crippen molar-refractivity contribution in [3.63, 3.8) is 0 Å². The predicted molar refractivity (Wildman–Crippen MR) is 56.7 cm³/mol. The molecular weight excluding hydrogens is 230 g/mol. The normalized spacial score (nSPS) is 10.9. The van der Waals surface area contributed by atoms with Gasteiger partial charge in [-0.15, -0.1) is 0 Å². The Morgan fingerprint density at radius 2 is 2.31 bits per heavy atom. The molecule has 0 radical (unpaired) electrons. The number of para-hydroxylation sites is 1. The van der Waals surface area contributed by atoms with E-state index in [1.807, 2.05) is 25.2 Å². The first-order valence-corrected chi connectivity index (χ1v) is 4.92. The van der Waals surface area contributed by atoms with Gasteiger partial charge < -0.3 is 9.73 Å². The molecule has 2 rings (SSSR count). The van der Waals surface area contributed by atoms with Crippen LogP contribution in [0.4, 0.5) is 0 Å². The van der Waals surface area contributed by atoms with Crippen LogP contribution in [0, 0.1) is 0 Å². The van der Waals surface area contributed by atoms with E-state index in [0.29, 0.717) is 0 Å². The maximum atomic E-state index is 5.63. The van der Waals surface area contributed by atoms with E-state index in [4.69, 9.17) is 4.42 Å². The van der Waals surface area contributed by atoms with Crippen LogP contribution in [-0.2, 0) is 6.54 Å². The zero-order valence-electron chi connectivity index (χ0n) is 7.30. The number of halogens is 1. The largest absolute Gasteiger partial charge is 0.459 e. The molecule has 1 heterocycles. The van der Waals surface area contributed by atoms with E-state index in [1.54, 1.807) is 0 Å². The fourth-order valence-electron chi connectivity index (χ4n) is 1.34. The molecule has 0 unspecified atom stereocenters. The Hall–Kier alpha value is -0.800. The van der Waals surface area contributed by atoms with Gasteiger partial charge in [-0.3, -0.25) is 0 Å². The number of benzene rings is 1. The summed E-state index contributed by atoms with van der Waals surface area (Å²) in [4.78, 5) is 0. The summed E-state index contributed by atoms with van der Waals surface area (Å²) in [5.41, 5.74) is 0.924. The Labute approximate surface area is 85.1 Å². The van der Waals surface area contributed by atoms with Gasteiger partial charge in [0.15, 0.2) is 0 Å². The first kappa shape index (κ1) is 8.78. The van der Waals surface area contributed by atoms with Crippen LogP contribution < -0.4 is 5.32 Å². The van der Waals surface area contributed by atoms with Crippen molar-refractivity contribution in [2.75, 3.05) is 7.05 Å². The molecule has 68 valence electrons. The average Bonchev–Trinajstić information content (AvgIpc) is 2.49. The number of nitrogens with one attached hydrogen (secondary N) is 1. The van der Waals surface area contributed by atoms with Crippen molar-refractivity contribution in [1.82, 2.24) is 5.32 Å². The summed E-state index contributed by atoms with van der Waals surface area (Å²) >= 11 is 3.45. The molecule has 0 aliphatic heterocycles. The van der Waals surface area contributed by atoms with Crippen molar-refractivity contribution >= 4 is 26.9 Å². The molecule has 2 nitrogen and oxygen atoms in total. The summed E-state index contributed by atoms with van der Waals surface area (Å²) in [6, 6.07) is 8.08. The molecule has 0 bridgehead atoms. The predicted octanol–water partition coefficient (Wildman–Crippen LogP) is 2.91. The minimum absolute atomic E-state index is 0.765. The first-order valence-electron chi connectivity index (χ1n) is 4.13. The van der Waals surface area contributed by atoms with Crippen molar-refractivity contribution in [1.29, 1.82) is 0 Å². The standard InChI is InChI=1S/C10H10BrNO/c1-12-6-8-5-7-3-2-4-9(11)10(7)13-8/h2-5,12H,6H2,1H3. The van der Waals surface area contributed by atoms with Gasteiger partial charge in [0.1, 0.15) is 11.3 Å². The topological polar surface area (TPSA) is 25.2 Å². The summed E-state index contributed by atoms with van der Waals surface area (Å²) < 4.78 is 6.64. The van der Waals surface area contributed by atoms with Crippen molar-refractivity contribution in [2.45, 2.75) is 6.54 Å². The van der Waals surface area contributed by atoms with Gasteiger partial charge in [0.2, 0.25) is 0 Å². The van der Waals surface area contributed by atoms with Gasteiger partial charge in [-0.25, -0.2) is 0 Å². The van der Waals surface area contributed by atoms with Crippen molar-refractivity contribution in [3.05, 3.63) is 34.5 Å². The fraction of sp³-hybridized carbons (Fsp3) is 0.200. The lowest BCUT2D eigenvalue weighted by atomic mass is 10.2. The lowest BCUT2D eigenvalue weighted by Gasteiger charge is -1.92. The van der Waals surface area contributed by atoms with Crippen LogP contribution in [0.5, 0.6) is 0 Å². The van der Waals surface area contributed by atoms with E-state index in [-0.39, 0.29) is 0 Å². The highest BCUT2D eigenvalue weighted by molar-refractivity contribution is 9.10. The quantitative estimate of drug-likeness (QED) is 0.872. The van der Waals surface area contributed by atoms with Crippen molar-refractivity contribution in [2.24, 2.45) is 0 Å². The van der Waals surface area contributed by atoms with Crippen LogP contribution in [0.2, 0.25) is 0 Å². The molecule has 0 amide bonds. The Morgan fingerprint density at radius 3 is 3.00 bits per heavy atom. The van der Waals surface area contributed by atoms with E-state index >= 15 is 0 Å². The number of hydrogen-bond acceptors (Lipinski definition) is 2. The van der Waals surface area contributed by atoms with Crippen LogP contribution in [0.15, 0.2) is 33.2 Å². The fourth-order valence-corrected chi connectivity index (χ4v) is 1.80. The van der Waals surface area contributed by atoms with Crippen LogP contribution >= 0.6 is 15.9 Å². The summed E-state index contributed by atoms with van der Waals surface area (Å²) in [7, 11) is 1.90. The van der Waals surface area contributed by atoms with Gasteiger partial charge in [-0.05, 0) is 35.1 Å². The minimum Gasteiger partial charge on any atom is -0.459 e. The van der Waals surface area contributed by atoms with E-state index in [9.17, 15) is 0 Å². The third-order valence-electron chi connectivity index (χ3n) is 1.90. The van der Waals surface area contributed by atoms with E-state index in [1.165, 1.54) is 0 Å². The second-order valence-corrected chi connectivity index (χ2v) is 3.76. The summed E-state index contributed by atoms with van der Waals surface area (Å²) in [5, 5.41) is 4.19. The zero-order chi connectivity index (χ0) is 9.26. The molecular formula is C10H10BrNO. The summed E-state index contributed by atoms with van der Waals surface area (Å²) in [5.74, 6) is 0.962. The third-order valence-corrected chi connectivity index (χ3v) is 2.52. The van der Waals surface area contributed by atoms with Crippen LogP contribution in [0.25, 0.3) is 11.0 Å². The van der Waals surface area contributed by atoms with E-state index < -0.39 is 0 Å². The lowest BCUT2D eigenvalue weighted by Crippen LogP contribution is -2.03. The first-order chi connectivity index (χ1) is 6.31. The number of furan rings is 1. The molecule has 2 aromatic rings. The van der Waals surface area contributed by atoms with Gasteiger partial charge in [0.25, 0.3) is 0 Å². The van der Waals surface area contributed by atoms with Gasteiger partial charge in [0.05, 0.1) is 11.0 Å². The molecule has 0 fully saturated rings. The monoisotopic (exact) mass is 239 g/mol. The molecule has 3 heteroatoms. The van der Waals surface area contributed by atoms with Gasteiger partial charge in [0, 0.05) is 5.39 Å². The van der Waals surface area contributed by atoms with Crippen LogP contribution in [0.3, 0.4) is 0 Å². The second-order valence-electron chi connectivity index (χ2n) is 2.90. The van der Waals surface area contributed by atoms with Crippen LogP contribution in [0.1, 0.15) is 5.76 Å². The average molecular weight is 240 g/mol. The van der Waals surface area contributed by atoms with Gasteiger partial charge in [-0.1, -0.05) is 12.1 Å². The van der Waals surface area contributed by atoms with Crippen molar-refractivity contribution in [3.8, 4) is 0 Å². The summed E-state index contributed by atoms with van der Waals surface area (Å²) in [6.45, 7) is 0.765. The molecule has 0 saturated carbocycles. The molecule has 0 aliphatic carbocycles. The molecule has 1 aromatic carbocycles. The van der Waals surface area contributed by atoms with E-state index in [0.717, 1.165) is 27.7 Å². The lowest BCUT2D eigenvalue weighted by molar-refractivity contribution is 0.529. The summed E-state index contributed by atoms with van der Waals surface area (Å²) in [6.07, 6.45) is 0. The Bertz CT molecular complexity index is 422. The van der Waals surface area contributed by atoms with Gasteiger partial charge in [-0.2, -0.15) is 0 Å². The minimum atomic E-state index is 0.765. The highest BCUT2D eigenvalue weighted by Crippen LogP contribution is 2.26. The number of hydrogen-bond donors (Lipinski definition) is 1. The second kappa shape index (κ2) is 3.52. The molecule has 1 aromatic heterocycles. The number of rotatable bonds is 2. The third kappa shape index (κ3) is 1.62. The SMILES string of the molecule is CNCc1cc2cccc(Br)c2o1. The van der Waals surface area contributed by atoms with E-state index in [2.05, 4.69) is 27.3 Å². The maximum Gasteiger partial charge on any atom is 0.148 e.